The van der Waals surface area contributed by atoms with Gasteiger partial charge in [-0.2, -0.15) is 4.98 Å². The van der Waals surface area contributed by atoms with Gasteiger partial charge < -0.3 is 20.1 Å². The Morgan fingerprint density at radius 1 is 0.962 bits per heavy atom. The largest absolute Gasteiger partial charge is 0.497 e. The molecule has 0 radical (unpaired) electrons. The van der Waals surface area contributed by atoms with Crippen molar-refractivity contribution in [1.29, 1.82) is 0 Å². The average molecular weight is 350 g/mol. The number of rotatable bonds is 8. The first-order valence-electron chi connectivity index (χ1n) is 8.41. The number of hydrogen-bond acceptors (Lipinski definition) is 6. The van der Waals surface area contributed by atoms with E-state index in [0.29, 0.717) is 19.1 Å². The van der Waals surface area contributed by atoms with Crippen molar-refractivity contribution in [2.45, 2.75) is 6.92 Å². The van der Waals surface area contributed by atoms with E-state index in [1.807, 2.05) is 61.5 Å². The Morgan fingerprint density at radius 3 is 2.50 bits per heavy atom. The molecule has 2 aromatic carbocycles. The quantitative estimate of drug-likeness (QED) is 0.598. The number of aromatic nitrogens is 2. The molecule has 0 spiro atoms. The standard InChI is InChI=1S/C20H22N4O2/c1-15-5-3-4-6-18(15)23-20-22-12-11-19(24-20)21-13-14-26-17-9-7-16(25-2)8-10-17/h3-12H,13-14H2,1-2H3,(H2,21,22,23,24). The van der Waals surface area contributed by atoms with Crippen LogP contribution < -0.4 is 20.1 Å². The lowest BCUT2D eigenvalue weighted by molar-refractivity contribution is 0.331. The van der Waals surface area contributed by atoms with Crippen molar-refractivity contribution in [3.05, 3.63) is 66.4 Å². The third-order valence-electron chi connectivity index (χ3n) is 3.78. The summed E-state index contributed by atoms with van der Waals surface area (Å²) in [6.07, 6.45) is 1.72. The second-order valence-corrected chi connectivity index (χ2v) is 5.66. The molecular weight excluding hydrogens is 328 g/mol. The summed E-state index contributed by atoms with van der Waals surface area (Å²) in [5, 5.41) is 6.47. The molecule has 0 saturated carbocycles. The molecule has 0 unspecified atom stereocenters. The smallest absolute Gasteiger partial charge is 0.229 e. The van der Waals surface area contributed by atoms with Crippen LogP contribution >= 0.6 is 0 Å². The first-order valence-corrected chi connectivity index (χ1v) is 8.41. The highest BCUT2D eigenvalue weighted by Gasteiger charge is 2.02. The number of benzene rings is 2. The van der Waals surface area contributed by atoms with Crippen LogP contribution in [0.1, 0.15) is 5.56 Å². The van der Waals surface area contributed by atoms with Crippen molar-refractivity contribution in [1.82, 2.24) is 9.97 Å². The summed E-state index contributed by atoms with van der Waals surface area (Å²) >= 11 is 0. The Hall–Kier alpha value is -3.28. The third kappa shape index (κ3) is 4.86. The van der Waals surface area contributed by atoms with Crippen molar-refractivity contribution in [3.8, 4) is 11.5 Å². The highest BCUT2D eigenvalue weighted by atomic mass is 16.5. The number of anilines is 3. The van der Waals surface area contributed by atoms with Crippen LogP contribution in [-0.2, 0) is 0 Å². The van der Waals surface area contributed by atoms with E-state index in [9.17, 15) is 0 Å². The van der Waals surface area contributed by atoms with Crippen LogP contribution in [0, 0.1) is 6.92 Å². The van der Waals surface area contributed by atoms with Gasteiger partial charge in [-0.15, -0.1) is 0 Å². The molecule has 1 heterocycles. The molecule has 1 aromatic heterocycles. The fourth-order valence-electron chi connectivity index (χ4n) is 2.37. The lowest BCUT2D eigenvalue weighted by Crippen LogP contribution is -2.13. The maximum absolute atomic E-state index is 5.69. The second-order valence-electron chi connectivity index (χ2n) is 5.66. The molecule has 26 heavy (non-hydrogen) atoms. The lowest BCUT2D eigenvalue weighted by atomic mass is 10.2. The Morgan fingerprint density at radius 2 is 1.73 bits per heavy atom. The summed E-state index contributed by atoms with van der Waals surface area (Å²) in [5.74, 6) is 2.91. The minimum absolute atomic E-state index is 0.525. The van der Waals surface area contributed by atoms with E-state index >= 15 is 0 Å². The fraction of sp³-hybridized carbons (Fsp3) is 0.200. The number of para-hydroxylation sites is 1. The van der Waals surface area contributed by atoms with Gasteiger partial charge in [-0.25, -0.2) is 4.98 Å². The van der Waals surface area contributed by atoms with Gasteiger partial charge in [0.25, 0.3) is 0 Å². The van der Waals surface area contributed by atoms with Gasteiger partial charge >= 0.3 is 0 Å². The minimum Gasteiger partial charge on any atom is -0.497 e. The number of methoxy groups -OCH3 is 1. The maximum atomic E-state index is 5.69. The zero-order chi connectivity index (χ0) is 18.2. The molecule has 0 aliphatic rings. The Bertz CT molecular complexity index is 837. The van der Waals surface area contributed by atoms with Gasteiger partial charge in [0, 0.05) is 11.9 Å². The van der Waals surface area contributed by atoms with E-state index < -0.39 is 0 Å². The molecule has 6 nitrogen and oxygen atoms in total. The maximum Gasteiger partial charge on any atom is 0.229 e. The number of ether oxygens (including phenoxy) is 2. The van der Waals surface area contributed by atoms with Gasteiger partial charge in [-0.3, -0.25) is 0 Å². The minimum atomic E-state index is 0.525. The highest BCUT2D eigenvalue weighted by molar-refractivity contribution is 5.58. The van der Waals surface area contributed by atoms with Gasteiger partial charge in [0.1, 0.15) is 23.9 Å². The number of nitrogens with zero attached hydrogens (tertiary/aromatic N) is 2. The Balaban J connectivity index is 1.50. The second kappa shape index (κ2) is 8.71. The summed E-state index contributed by atoms with van der Waals surface area (Å²) in [5.41, 5.74) is 2.13. The molecule has 134 valence electrons. The van der Waals surface area contributed by atoms with Crippen LogP contribution in [-0.4, -0.2) is 30.2 Å². The highest BCUT2D eigenvalue weighted by Crippen LogP contribution is 2.18. The number of nitrogens with one attached hydrogen (secondary N) is 2. The van der Waals surface area contributed by atoms with E-state index in [1.165, 1.54) is 0 Å². The third-order valence-corrected chi connectivity index (χ3v) is 3.78. The monoisotopic (exact) mass is 350 g/mol. The van der Waals surface area contributed by atoms with Gasteiger partial charge in [0.15, 0.2) is 0 Å². The van der Waals surface area contributed by atoms with Crippen molar-refractivity contribution < 1.29 is 9.47 Å². The van der Waals surface area contributed by atoms with E-state index in [2.05, 4.69) is 20.6 Å². The molecule has 0 atom stereocenters. The van der Waals surface area contributed by atoms with Crippen molar-refractivity contribution >= 4 is 17.5 Å². The number of hydrogen-bond donors (Lipinski definition) is 2. The van der Waals surface area contributed by atoms with Crippen LogP contribution in [0.25, 0.3) is 0 Å². The predicted molar refractivity (Wildman–Crippen MR) is 103 cm³/mol. The van der Waals surface area contributed by atoms with E-state index in [4.69, 9.17) is 9.47 Å². The molecule has 0 bridgehead atoms. The molecule has 0 aliphatic heterocycles. The molecule has 0 aliphatic carbocycles. The molecule has 3 rings (SSSR count). The molecular formula is C20H22N4O2. The zero-order valence-electron chi connectivity index (χ0n) is 14.9. The summed E-state index contributed by atoms with van der Waals surface area (Å²) in [7, 11) is 1.64. The molecule has 0 saturated heterocycles. The molecule has 0 amide bonds. The zero-order valence-corrected chi connectivity index (χ0v) is 14.9. The SMILES string of the molecule is COc1ccc(OCCNc2ccnc(Nc3ccccc3C)n2)cc1. The van der Waals surface area contributed by atoms with Crippen LogP contribution in [0.3, 0.4) is 0 Å². The summed E-state index contributed by atoms with van der Waals surface area (Å²) in [4.78, 5) is 8.73. The average Bonchev–Trinajstić information content (AvgIpc) is 2.68. The molecule has 0 fully saturated rings. The topological polar surface area (TPSA) is 68.3 Å². The van der Waals surface area contributed by atoms with Gasteiger partial charge in [-0.1, -0.05) is 18.2 Å². The Labute approximate surface area is 153 Å². The summed E-state index contributed by atoms with van der Waals surface area (Å²) < 4.78 is 10.8. The molecule has 2 N–H and O–H groups in total. The first-order chi connectivity index (χ1) is 12.7. The van der Waals surface area contributed by atoms with Gasteiger partial charge in [0.05, 0.1) is 13.7 Å². The first kappa shape index (κ1) is 17.5. The van der Waals surface area contributed by atoms with Crippen LogP contribution in [0.15, 0.2) is 60.8 Å². The normalized spacial score (nSPS) is 10.2. The van der Waals surface area contributed by atoms with E-state index in [1.54, 1.807) is 13.3 Å². The Kier molecular flexibility index (Phi) is 5.88. The van der Waals surface area contributed by atoms with Crippen LogP contribution in [0.4, 0.5) is 17.5 Å². The van der Waals surface area contributed by atoms with Crippen LogP contribution in [0.2, 0.25) is 0 Å². The number of aryl methyl sites for hydroxylation is 1. The summed E-state index contributed by atoms with van der Waals surface area (Å²) in [6.45, 7) is 3.20. The van der Waals surface area contributed by atoms with E-state index in [0.717, 1.165) is 28.6 Å². The molecule has 6 heteroatoms. The predicted octanol–water partition coefficient (Wildman–Crippen LogP) is 4.03. The van der Waals surface area contributed by atoms with Gasteiger partial charge in [0.2, 0.25) is 5.95 Å². The van der Waals surface area contributed by atoms with Crippen molar-refractivity contribution in [2.24, 2.45) is 0 Å². The lowest BCUT2D eigenvalue weighted by Gasteiger charge is -2.11. The van der Waals surface area contributed by atoms with Crippen molar-refractivity contribution in [3.63, 3.8) is 0 Å². The van der Waals surface area contributed by atoms with Gasteiger partial charge in [-0.05, 0) is 48.9 Å². The van der Waals surface area contributed by atoms with Crippen molar-refractivity contribution in [2.75, 3.05) is 30.9 Å². The van der Waals surface area contributed by atoms with Crippen LogP contribution in [0.5, 0.6) is 11.5 Å². The summed E-state index contributed by atoms with van der Waals surface area (Å²) in [6, 6.07) is 17.4. The molecule has 3 aromatic rings. The van der Waals surface area contributed by atoms with E-state index in [-0.39, 0.29) is 0 Å². The fourth-order valence-corrected chi connectivity index (χ4v) is 2.37.